The average molecular weight is 470 g/mol. The molecule has 1 fully saturated rings. The predicted octanol–water partition coefficient (Wildman–Crippen LogP) is 2.49. The molecule has 2 aliphatic heterocycles. The van der Waals surface area contributed by atoms with Crippen LogP contribution in [0.4, 0.5) is 5.69 Å². The largest absolute Gasteiger partial charge is 0.341 e. The first-order valence-electron chi connectivity index (χ1n) is 11.5. The first kappa shape index (κ1) is 23.4. The summed E-state index contributed by atoms with van der Waals surface area (Å²) in [5.41, 5.74) is 3.22. The highest BCUT2D eigenvalue weighted by molar-refractivity contribution is 7.90. The molecule has 2 heterocycles. The molecule has 2 aromatic rings. The molecule has 4 rings (SSSR count). The molecule has 0 N–H and O–H groups in total. The van der Waals surface area contributed by atoms with Crippen molar-refractivity contribution in [2.24, 2.45) is 0 Å². The highest BCUT2D eigenvalue weighted by Gasteiger charge is 2.25. The van der Waals surface area contributed by atoms with E-state index in [-0.39, 0.29) is 24.7 Å². The van der Waals surface area contributed by atoms with Crippen LogP contribution in [0.2, 0.25) is 0 Å². The summed E-state index contributed by atoms with van der Waals surface area (Å²) < 4.78 is 23.3. The van der Waals surface area contributed by atoms with Gasteiger partial charge in [-0.25, -0.2) is 8.42 Å². The van der Waals surface area contributed by atoms with Gasteiger partial charge in [0.25, 0.3) is 0 Å². The number of hydrogen-bond donors (Lipinski definition) is 0. The van der Waals surface area contributed by atoms with Gasteiger partial charge in [-0.05, 0) is 42.2 Å². The quantitative estimate of drug-likeness (QED) is 0.650. The second-order valence-electron chi connectivity index (χ2n) is 8.85. The van der Waals surface area contributed by atoms with Crippen LogP contribution >= 0.6 is 0 Å². The third kappa shape index (κ3) is 5.81. The number of amides is 2. The van der Waals surface area contributed by atoms with Gasteiger partial charge in [0.05, 0.1) is 4.90 Å². The first-order chi connectivity index (χ1) is 15.8. The van der Waals surface area contributed by atoms with Crippen LogP contribution < -0.4 is 4.90 Å². The van der Waals surface area contributed by atoms with E-state index in [0.717, 1.165) is 43.7 Å². The third-order valence-electron chi connectivity index (χ3n) is 6.44. The van der Waals surface area contributed by atoms with Crippen molar-refractivity contribution in [2.75, 3.05) is 43.9 Å². The summed E-state index contributed by atoms with van der Waals surface area (Å²) in [4.78, 5) is 31.8. The number of anilines is 1. The molecule has 0 atom stereocenters. The third-order valence-corrected chi connectivity index (χ3v) is 7.57. The smallest absolute Gasteiger partial charge is 0.227 e. The summed E-state index contributed by atoms with van der Waals surface area (Å²) >= 11 is 0. The molecular weight excluding hydrogens is 438 g/mol. The second-order valence-corrected chi connectivity index (χ2v) is 10.9. The molecule has 0 radical (unpaired) electrons. The molecule has 0 aromatic heterocycles. The van der Waals surface area contributed by atoms with Crippen molar-refractivity contribution < 1.29 is 18.0 Å². The van der Waals surface area contributed by atoms with E-state index in [9.17, 15) is 18.0 Å². The Kier molecular flexibility index (Phi) is 7.14. The molecule has 7 nitrogen and oxygen atoms in total. The normalized spacial score (nSPS) is 17.0. The second kappa shape index (κ2) is 10.1. The van der Waals surface area contributed by atoms with Crippen molar-refractivity contribution >= 4 is 27.3 Å². The Bertz CT molecular complexity index is 1110. The van der Waals surface area contributed by atoms with Crippen LogP contribution in [0.15, 0.2) is 53.4 Å². The molecular formula is C25H31N3O4S. The summed E-state index contributed by atoms with van der Waals surface area (Å²) in [6.45, 7) is 4.38. The fourth-order valence-corrected chi connectivity index (χ4v) is 5.21. The number of rotatable bonds is 6. The molecule has 8 heteroatoms. The highest BCUT2D eigenvalue weighted by atomic mass is 32.2. The Hall–Kier alpha value is -2.71. The van der Waals surface area contributed by atoms with E-state index in [1.165, 1.54) is 11.8 Å². The van der Waals surface area contributed by atoms with Gasteiger partial charge in [0.1, 0.15) is 0 Å². The zero-order chi connectivity index (χ0) is 23.4. The number of carbonyl (C=O) groups is 2. The number of para-hydroxylation sites is 1. The lowest BCUT2D eigenvalue weighted by Crippen LogP contribution is -2.36. The lowest BCUT2D eigenvalue weighted by atomic mass is 10.2. The Morgan fingerprint density at radius 2 is 1.58 bits per heavy atom. The minimum atomic E-state index is -3.19. The van der Waals surface area contributed by atoms with E-state index in [4.69, 9.17) is 0 Å². The zero-order valence-corrected chi connectivity index (χ0v) is 19.9. The molecule has 176 valence electrons. The van der Waals surface area contributed by atoms with Gasteiger partial charge in [-0.15, -0.1) is 0 Å². The number of benzene rings is 2. The average Bonchev–Trinajstić information content (AvgIpc) is 3.09. The van der Waals surface area contributed by atoms with Crippen molar-refractivity contribution in [1.29, 1.82) is 0 Å². The van der Waals surface area contributed by atoms with Gasteiger partial charge in [0.15, 0.2) is 9.84 Å². The lowest BCUT2D eigenvalue weighted by molar-refractivity contribution is -0.133. The molecule has 2 aromatic carbocycles. The molecule has 0 unspecified atom stereocenters. The fraction of sp³-hybridized carbons (Fsp3) is 0.440. The molecule has 2 aliphatic rings. The van der Waals surface area contributed by atoms with Gasteiger partial charge < -0.3 is 9.80 Å². The Balaban J connectivity index is 1.25. The van der Waals surface area contributed by atoms with Crippen molar-refractivity contribution in [1.82, 2.24) is 9.80 Å². The summed E-state index contributed by atoms with van der Waals surface area (Å²) in [7, 11) is -3.19. The Morgan fingerprint density at radius 1 is 0.848 bits per heavy atom. The van der Waals surface area contributed by atoms with Gasteiger partial charge >= 0.3 is 0 Å². The number of fused-ring (bicyclic) bond motifs is 1. The van der Waals surface area contributed by atoms with Crippen LogP contribution in [0.3, 0.4) is 0 Å². The Labute approximate surface area is 195 Å². The molecule has 0 bridgehead atoms. The maximum Gasteiger partial charge on any atom is 0.227 e. The van der Waals surface area contributed by atoms with Crippen molar-refractivity contribution in [3.8, 4) is 0 Å². The molecule has 0 spiro atoms. The maximum atomic E-state index is 12.8. The van der Waals surface area contributed by atoms with Gasteiger partial charge in [-0.3, -0.25) is 14.5 Å². The van der Waals surface area contributed by atoms with Crippen LogP contribution in [0.5, 0.6) is 0 Å². The summed E-state index contributed by atoms with van der Waals surface area (Å²) in [6.07, 6.45) is 3.43. The van der Waals surface area contributed by atoms with Crippen LogP contribution in [0.25, 0.3) is 0 Å². The monoisotopic (exact) mass is 469 g/mol. The fourth-order valence-electron chi connectivity index (χ4n) is 4.58. The van der Waals surface area contributed by atoms with Crippen LogP contribution in [0, 0.1) is 0 Å². The number of hydrogen-bond acceptors (Lipinski definition) is 5. The van der Waals surface area contributed by atoms with Crippen LogP contribution in [-0.4, -0.2) is 69.0 Å². The molecule has 0 saturated carbocycles. The van der Waals surface area contributed by atoms with E-state index in [0.29, 0.717) is 24.5 Å². The standard InChI is InChI=1S/C25H31N3O4S/c1-33(31,32)22-9-7-20(8-10-22)19-26-14-4-15-27(18-17-26)24(29)11-12-25(30)28-16-13-21-5-2-3-6-23(21)28/h2-3,5-10H,4,11-19H2,1H3. The maximum absolute atomic E-state index is 12.8. The first-order valence-corrected chi connectivity index (χ1v) is 13.4. The molecule has 33 heavy (non-hydrogen) atoms. The van der Waals surface area contributed by atoms with Crippen LogP contribution in [0.1, 0.15) is 30.4 Å². The van der Waals surface area contributed by atoms with E-state index >= 15 is 0 Å². The predicted molar refractivity (Wildman–Crippen MR) is 128 cm³/mol. The van der Waals surface area contributed by atoms with Gasteiger partial charge in [0, 0.05) is 64.1 Å². The molecule has 2 amide bonds. The van der Waals surface area contributed by atoms with E-state index in [1.807, 2.05) is 40.1 Å². The van der Waals surface area contributed by atoms with Gasteiger partial charge in [-0.2, -0.15) is 0 Å². The summed E-state index contributed by atoms with van der Waals surface area (Å²) in [6, 6.07) is 15.0. The minimum Gasteiger partial charge on any atom is -0.341 e. The van der Waals surface area contributed by atoms with Crippen molar-refractivity contribution in [2.45, 2.75) is 37.1 Å². The van der Waals surface area contributed by atoms with Gasteiger partial charge in [0.2, 0.25) is 11.8 Å². The molecule has 0 aliphatic carbocycles. The van der Waals surface area contributed by atoms with E-state index in [1.54, 1.807) is 12.1 Å². The number of carbonyl (C=O) groups excluding carboxylic acids is 2. The number of sulfone groups is 1. The van der Waals surface area contributed by atoms with E-state index < -0.39 is 9.84 Å². The zero-order valence-electron chi connectivity index (χ0n) is 19.1. The molecule has 1 saturated heterocycles. The summed E-state index contributed by atoms with van der Waals surface area (Å²) in [5.74, 6) is 0.0532. The van der Waals surface area contributed by atoms with Crippen LogP contribution in [-0.2, 0) is 32.4 Å². The Morgan fingerprint density at radius 3 is 2.33 bits per heavy atom. The number of nitrogens with zero attached hydrogens (tertiary/aromatic N) is 3. The van der Waals surface area contributed by atoms with Gasteiger partial charge in [-0.1, -0.05) is 30.3 Å². The SMILES string of the molecule is CS(=O)(=O)c1ccc(CN2CCCN(C(=O)CCC(=O)N3CCc4ccccc43)CC2)cc1. The van der Waals surface area contributed by atoms with E-state index in [2.05, 4.69) is 11.0 Å². The summed E-state index contributed by atoms with van der Waals surface area (Å²) in [5, 5.41) is 0. The minimum absolute atomic E-state index is 0.0160. The topological polar surface area (TPSA) is 78.0 Å². The highest BCUT2D eigenvalue weighted by Crippen LogP contribution is 2.28. The lowest BCUT2D eigenvalue weighted by Gasteiger charge is -2.23. The van der Waals surface area contributed by atoms with Crippen molar-refractivity contribution in [3.05, 3.63) is 59.7 Å². The van der Waals surface area contributed by atoms with Crippen molar-refractivity contribution in [3.63, 3.8) is 0 Å².